The monoisotopic (exact) mass is 217 g/mol. The highest BCUT2D eigenvalue weighted by Crippen LogP contribution is 2.26. The molecule has 0 saturated carbocycles. The normalized spacial score (nSPS) is 11.0. The second-order valence-electron chi connectivity index (χ2n) is 4.93. The number of hydrogen-bond donors (Lipinski definition) is 0. The summed E-state index contributed by atoms with van der Waals surface area (Å²) >= 11 is 0. The lowest BCUT2D eigenvalue weighted by atomic mass is 9.87. The molecule has 16 heavy (non-hydrogen) atoms. The van der Waals surface area contributed by atoms with Crippen LogP contribution in [0.3, 0.4) is 0 Å². The minimum atomic E-state index is -0.194. The van der Waals surface area contributed by atoms with E-state index in [0.29, 0.717) is 5.57 Å². The van der Waals surface area contributed by atoms with Gasteiger partial charge in [0.1, 0.15) is 0 Å². The van der Waals surface area contributed by atoms with Crippen LogP contribution in [0.1, 0.15) is 20.8 Å². The van der Waals surface area contributed by atoms with Crippen molar-refractivity contribution in [1.29, 1.82) is 0 Å². The third kappa shape index (κ3) is 2.72. The van der Waals surface area contributed by atoms with Crippen LogP contribution >= 0.6 is 0 Å². The lowest BCUT2D eigenvalue weighted by Gasteiger charge is -2.25. The average Bonchev–Trinajstić information content (AvgIpc) is 2.26. The fourth-order valence-electron chi connectivity index (χ4n) is 1.29. The van der Waals surface area contributed by atoms with Crippen LogP contribution in [0.2, 0.25) is 0 Å². The standard InChI is InChI=1S/C14H19NO/c1-11(14(2,3)4)13(16)15(5)12-9-7-6-8-10-12/h6-10H,1H2,2-5H3. The predicted molar refractivity (Wildman–Crippen MR) is 68.4 cm³/mol. The van der Waals surface area contributed by atoms with E-state index in [-0.39, 0.29) is 11.3 Å². The summed E-state index contributed by atoms with van der Waals surface area (Å²) in [5.41, 5.74) is 1.32. The van der Waals surface area contributed by atoms with Crippen LogP contribution in [0.4, 0.5) is 5.69 Å². The van der Waals surface area contributed by atoms with E-state index in [1.165, 1.54) is 0 Å². The first-order valence-electron chi connectivity index (χ1n) is 5.36. The number of benzene rings is 1. The Morgan fingerprint density at radius 2 is 1.69 bits per heavy atom. The minimum absolute atomic E-state index is 0.0290. The molecule has 0 aliphatic rings. The van der Waals surface area contributed by atoms with Crippen LogP contribution in [0.15, 0.2) is 42.5 Å². The van der Waals surface area contributed by atoms with Gasteiger partial charge in [0.05, 0.1) is 0 Å². The molecule has 0 N–H and O–H groups in total. The lowest BCUT2D eigenvalue weighted by molar-refractivity contribution is -0.115. The van der Waals surface area contributed by atoms with Gasteiger partial charge in [-0.25, -0.2) is 0 Å². The van der Waals surface area contributed by atoms with Gasteiger partial charge in [-0.15, -0.1) is 0 Å². The molecule has 0 atom stereocenters. The van der Waals surface area contributed by atoms with Gasteiger partial charge in [0.15, 0.2) is 0 Å². The Balaban J connectivity index is 2.88. The number of carbonyl (C=O) groups excluding carboxylic acids is 1. The number of likely N-dealkylation sites (N-methyl/N-ethyl adjacent to an activating group) is 1. The molecule has 0 radical (unpaired) electrons. The van der Waals surface area contributed by atoms with Gasteiger partial charge in [-0.2, -0.15) is 0 Å². The van der Waals surface area contributed by atoms with E-state index in [9.17, 15) is 4.79 Å². The zero-order valence-electron chi connectivity index (χ0n) is 10.4. The summed E-state index contributed by atoms with van der Waals surface area (Å²) in [5, 5.41) is 0. The van der Waals surface area contributed by atoms with Crippen molar-refractivity contribution in [2.45, 2.75) is 20.8 Å². The lowest BCUT2D eigenvalue weighted by Crippen LogP contribution is -2.32. The summed E-state index contributed by atoms with van der Waals surface area (Å²) in [6.07, 6.45) is 0. The summed E-state index contributed by atoms with van der Waals surface area (Å²) in [6, 6.07) is 9.58. The third-order valence-electron chi connectivity index (χ3n) is 2.61. The largest absolute Gasteiger partial charge is 0.312 e. The fraction of sp³-hybridized carbons (Fsp3) is 0.357. The molecular weight excluding hydrogens is 198 g/mol. The molecule has 0 spiro atoms. The number of hydrogen-bond acceptors (Lipinski definition) is 1. The molecule has 0 heterocycles. The zero-order chi connectivity index (χ0) is 12.3. The molecule has 1 aromatic rings. The maximum Gasteiger partial charge on any atom is 0.253 e. The molecule has 86 valence electrons. The molecule has 0 unspecified atom stereocenters. The smallest absolute Gasteiger partial charge is 0.253 e. The highest BCUT2D eigenvalue weighted by Gasteiger charge is 2.24. The van der Waals surface area contributed by atoms with E-state index in [0.717, 1.165) is 5.69 Å². The maximum absolute atomic E-state index is 12.1. The summed E-state index contributed by atoms with van der Waals surface area (Å²) in [5.74, 6) is -0.0290. The molecular formula is C14H19NO. The SMILES string of the molecule is C=C(C(=O)N(C)c1ccccc1)C(C)(C)C. The Hall–Kier alpha value is -1.57. The Kier molecular flexibility index (Phi) is 3.53. The summed E-state index contributed by atoms with van der Waals surface area (Å²) in [6.45, 7) is 9.86. The van der Waals surface area contributed by atoms with Gasteiger partial charge in [0, 0.05) is 18.3 Å². The first-order chi connectivity index (χ1) is 7.34. The number of carbonyl (C=O) groups is 1. The van der Waals surface area contributed by atoms with Crippen molar-refractivity contribution in [3.63, 3.8) is 0 Å². The zero-order valence-corrected chi connectivity index (χ0v) is 10.4. The molecule has 1 rings (SSSR count). The van der Waals surface area contributed by atoms with Crippen LogP contribution in [-0.2, 0) is 4.79 Å². The van der Waals surface area contributed by atoms with Crippen LogP contribution < -0.4 is 4.90 Å². The number of amides is 1. The number of para-hydroxylation sites is 1. The molecule has 0 aliphatic heterocycles. The third-order valence-corrected chi connectivity index (χ3v) is 2.61. The van der Waals surface area contributed by atoms with Crippen LogP contribution in [-0.4, -0.2) is 13.0 Å². The van der Waals surface area contributed by atoms with Gasteiger partial charge in [-0.3, -0.25) is 4.79 Å². The van der Waals surface area contributed by atoms with Crippen molar-refractivity contribution in [3.8, 4) is 0 Å². The molecule has 2 heteroatoms. The summed E-state index contributed by atoms with van der Waals surface area (Å²) in [4.78, 5) is 13.7. The first-order valence-corrected chi connectivity index (χ1v) is 5.36. The Morgan fingerprint density at radius 3 is 2.12 bits per heavy atom. The number of rotatable bonds is 2. The van der Waals surface area contributed by atoms with Gasteiger partial charge in [0.25, 0.3) is 5.91 Å². The number of nitrogens with zero attached hydrogens (tertiary/aromatic N) is 1. The van der Waals surface area contributed by atoms with Crippen molar-refractivity contribution >= 4 is 11.6 Å². The van der Waals surface area contributed by atoms with Crippen molar-refractivity contribution in [3.05, 3.63) is 42.5 Å². The average molecular weight is 217 g/mol. The molecule has 0 aliphatic carbocycles. The van der Waals surface area contributed by atoms with Crippen LogP contribution in [0.25, 0.3) is 0 Å². The quantitative estimate of drug-likeness (QED) is 0.696. The number of anilines is 1. The Labute approximate surface area is 97.6 Å². The van der Waals surface area contributed by atoms with Gasteiger partial charge < -0.3 is 4.90 Å². The van der Waals surface area contributed by atoms with Gasteiger partial charge >= 0.3 is 0 Å². The Morgan fingerprint density at radius 1 is 1.19 bits per heavy atom. The predicted octanol–water partition coefficient (Wildman–Crippen LogP) is 3.25. The molecule has 2 nitrogen and oxygen atoms in total. The van der Waals surface area contributed by atoms with E-state index in [1.54, 1.807) is 11.9 Å². The van der Waals surface area contributed by atoms with Crippen molar-refractivity contribution in [1.82, 2.24) is 0 Å². The van der Waals surface area contributed by atoms with E-state index >= 15 is 0 Å². The molecule has 0 aromatic heterocycles. The second kappa shape index (κ2) is 4.52. The van der Waals surface area contributed by atoms with Crippen molar-refractivity contribution < 1.29 is 4.79 Å². The van der Waals surface area contributed by atoms with E-state index in [2.05, 4.69) is 6.58 Å². The second-order valence-corrected chi connectivity index (χ2v) is 4.93. The van der Waals surface area contributed by atoms with Crippen LogP contribution in [0, 0.1) is 5.41 Å². The van der Waals surface area contributed by atoms with Gasteiger partial charge in [-0.1, -0.05) is 45.5 Å². The van der Waals surface area contributed by atoms with Crippen LogP contribution in [0.5, 0.6) is 0 Å². The van der Waals surface area contributed by atoms with Gasteiger partial charge in [-0.05, 0) is 17.5 Å². The molecule has 0 saturated heterocycles. The molecule has 0 fully saturated rings. The van der Waals surface area contributed by atoms with E-state index in [1.807, 2.05) is 51.1 Å². The summed E-state index contributed by atoms with van der Waals surface area (Å²) in [7, 11) is 1.77. The fourth-order valence-corrected chi connectivity index (χ4v) is 1.29. The van der Waals surface area contributed by atoms with E-state index < -0.39 is 0 Å². The van der Waals surface area contributed by atoms with Crippen molar-refractivity contribution in [2.24, 2.45) is 5.41 Å². The van der Waals surface area contributed by atoms with Gasteiger partial charge in [0.2, 0.25) is 0 Å². The topological polar surface area (TPSA) is 20.3 Å². The summed E-state index contributed by atoms with van der Waals surface area (Å²) < 4.78 is 0. The Bertz CT molecular complexity index is 387. The van der Waals surface area contributed by atoms with E-state index in [4.69, 9.17) is 0 Å². The van der Waals surface area contributed by atoms with Crippen molar-refractivity contribution in [2.75, 3.05) is 11.9 Å². The minimum Gasteiger partial charge on any atom is -0.312 e. The molecule has 1 amide bonds. The molecule has 0 bridgehead atoms. The molecule has 1 aromatic carbocycles. The highest BCUT2D eigenvalue weighted by atomic mass is 16.2. The maximum atomic E-state index is 12.1. The highest BCUT2D eigenvalue weighted by molar-refractivity contribution is 6.05. The first kappa shape index (κ1) is 12.5.